The lowest BCUT2D eigenvalue weighted by atomic mass is 9.91. The Bertz CT molecular complexity index is 1360. The van der Waals surface area contributed by atoms with E-state index < -0.39 is 11.6 Å². The Morgan fingerprint density at radius 3 is 2.44 bits per heavy atom. The minimum atomic E-state index is -0.971. The van der Waals surface area contributed by atoms with Crippen LogP contribution in [0.5, 0.6) is 0 Å². The number of aromatic nitrogens is 2. The second kappa shape index (κ2) is 9.51. The molecule has 1 aromatic heterocycles. The highest BCUT2D eigenvalue weighted by molar-refractivity contribution is 5.92. The van der Waals surface area contributed by atoms with Crippen molar-refractivity contribution in [2.45, 2.75) is 32.1 Å². The number of fused-ring (bicyclic) bond motifs is 3. The van der Waals surface area contributed by atoms with Crippen LogP contribution >= 0.6 is 0 Å². The zero-order chi connectivity index (χ0) is 23.5. The molecule has 170 valence electrons. The average molecular weight is 456 g/mol. The number of halogens is 2. The fourth-order valence-electron chi connectivity index (χ4n) is 4.31. The van der Waals surface area contributed by atoms with E-state index in [1.54, 1.807) is 0 Å². The first-order chi connectivity index (χ1) is 16.6. The topological polar surface area (TPSA) is 54.9 Å². The number of carbonyl (C=O) groups is 1. The van der Waals surface area contributed by atoms with E-state index in [-0.39, 0.29) is 12.3 Å². The zero-order valence-electron chi connectivity index (χ0n) is 18.5. The number of rotatable bonds is 6. The van der Waals surface area contributed by atoms with Crippen molar-refractivity contribution in [3.05, 3.63) is 113 Å². The number of aryl methyl sites for hydroxylation is 4. The van der Waals surface area contributed by atoms with E-state index in [2.05, 4.69) is 29.6 Å². The predicted molar refractivity (Wildman–Crippen MR) is 127 cm³/mol. The molecule has 0 aliphatic heterocycles. The molecule has 0 fully saturated rings. The van der Waals surface area contributed by atoms with E-state index in [9.17, 15) is 13.6 Å². The van der Waals surface area contributed by atoms with Crippen LogP contribution in [-0.2, 0) is 36.9 Å². The van der Waals surface area contributed by atoms with Crippen molar-refractivity contribution < 1.29 is 13.6 Å². The maximum Gasteiger partial charge on any atom is 0.229 e. The third-order valence-electron chi connectivity index (χ3n) is 6.04. The van der Waals surface area contributed by atoms with Crippen LogP contribution in [0.15, 0.2) is 72.8 Å². The minimum absolute atomic E-state index is 0.0864. The van der Waals surface area contributed by atoms with Gasteiger partial charge in [0, 0.05) is 5.56 Å². The number of nitrogens with one attached hydrogen (secondary N) is 1. The molecule has 4 aromatic rings. The summed E-state index contributed by atoms with van der Waals surface area (Å²) in [6.07, 6.45) is 2.87. The summed E-state index contributed by atoms with van der Waals surface area (Å²) in [5, 5.41) is 2.87. The molecule has 1 aliphatic rings. The van der Waals surface area contributed by atoms with Gasteiger partial charge in [0.1, 0.15) is 0 Å². The van der Waals surface area contributed by atoms with Crippen LogP contribution in [0.25, 0.3) is 11.3 Å². The summed E-state index contributed by atoms with van der Waals surface area (Å²) in [5.41, 5.74) is 6.31. The molecular formula is C28H23F2N3O. The molecule has 1 N–H and O–H groups in total. The fraction of sp³-hybridized carbons (Fsp3) is 0.179. The molecular weight excluding hydrogens is 432 g/mol. The van der Waals surface area contributed by atoms with Crippen LogP contribution in [-0.4, -0.2) is 15.9 Å². The van der Waals surface area contributed by atoms with Gasteiger partial charge in [-0.1, -0.05) is 60.7 Å². The first-order valence-corrected chi connectivity index (χ1v) is 11.3. The van der Waals surface area contributed by atoms with Gasteiger partial charge >= 0.3 is 0 Å². The van der Waals surface area contributed by atoms with Crippen molar-refractivity contribution in [1.82, 2.24) is 9.97 Å². The van der Waals surface area contributed by atoms with Crippen LogP contribution in [0.3, 0.4) is 0 Å². The summed E-state index contributed by atoms with van der Waals surface area (Å²) in [6, 6.07) is 21.8. The number of benzene rings is 3. The van der Waals surface area contributed by atoms with Gasteiger partial charge in [-0.3, -0.25) is 4.79 Å². The van der Waals surface area contributed by atoms with Gasteiger partial charge in [0.2, 0.25) is 5.91 Å². The van der Waals surface area contributed by atoms with Crippen molar-refractivity contribution >= 4 is 11.7 Å². The largest absolute Gasteiger partial charge is 0.309 e. The summed E-state index contributed by atoms with van der Waals surface area (Å²) < 4.78 is 26.8. The summed E-state index contributed by atoms with van der Waals surface area (Å²) in [6.45, 7) is 0. The second-order valence-corrected chi connectivity index (χ2v) is 8.43. The van der Waals surface area contributed by atoms with E-state index in [1.807, 2.05) is 30.3 Å². The Morgan fingerprint density at radius 1 is 0.824 bits per heavy atom. The maximum atomic E-state index is 13.6. The number of carbonyl (C=O) groups excluding carboxylic acids is 1. The minimum Gasteiger partial charge on any atom is -0.309 e. The smallest absolute Gasteiger partial charge is 0.229 e. The van der Waals surface area contributed by atoms with Gasteiger partial charge in [0.15, 0.2) is 17.5 Å². The molecule has 0 spiro atoms. The second-order valence-electron chi connectivity index (χ2n) is 8.43. The van der Waals surface area contributed by atoms with Gasteiger partial charge in [-0.15, -0.1) is 0 Å². The molecule has 4 nitrogen and oxygen atoms in total. The Hall–Kier alpha value is -3.93. The molecule has 1 amide bonds. The molecule has 0 saturated heterocycles. The molecule has 0 atom stereocenters. The monoisotopic (exact) mass is 455 g/mol. The Balaban J connectivity index is 1.45. The Labute approximate surface area is 196 Å². The molecule has 0 radical (unpaired) electrons. The first-order valence-electron chi connectivity index (χ1n) is 11.3. The van der Waals surface area contributed by atoms with Crippen molar-refractivity contribution in [2.24, 2.45) is 0 Å². The number of hydrogen-bond donors (Lipinski definition) is 1. The van der Waals surface area contributed by atoms with Crippen LogP contribution in [0, 0.1) is 11.6 Å². The lowest BCUT2D eigenvalue weighted by molar-refractivity contribution is -0.115. The summed E-state index contributed by atoms with van der Waals surface area (Å²) in [5.74, 6) is -1.83. The third kappa shape index (κ3) is 4.71. The molecule has 0 saturated carbocycles. The number of amides is 1. The standard InChI is InChI=1S/C28H23F2N3O/c29-22-13-10-19(16-23(22)30)17-26(34)33-28-25(14-11-18-6-2-1-3-7-18)31-27-21-9-5-4-8-20(21)12-15-24(27)32-28/h1-10,13,16H,11-12,14-15,17H2,(H,32,33,34). The molecule has 6 heteroatoms. The van der Waals surface area contributed by atoms with Gasteiger partial charge < -0.3 is 5.32 Å². The lowest BCUT2D eigenvalue weighted by Crippen LogP contribution is -2.20. The van der Waals surface area contributed by atoms with Crippen LogP contribution < -0.4 is 5.32 Å². The number of hydrogen-bond acceptors (Lipinski definition) is 3. The fourth-order valence-corrected chi connectivity index (χ4v) is 4.31. The first kappa shape index (κ1) is 21.9. The van der Waals surface area contributed by atoms with E-state index in [0.717, 1.165) is 48.3 Å². The van der Waals surface area contributed by atoms with Gasteiger partial charge in [-0.2, -0.15) is 0 Å². The molecule has 1 aliphatic carbocycles. The van der Waals surface area contributed by atoms with Crippen LogP contribution in [0.2, 0.25) is 0 Å². The van der Waals surface area contributed by atoms with Crippen molar-refractivity contribution in [2.75, 3.05) is 5.32 Å². The van der Waals surface area contributed by atoms with Crippen LogP contribution in [0.1, 0.15) is 28.1 Å². The van der Waals surface area contributed by atoms with Crippen LogP contribution in [0.4, 0.5) is 14.6 Å². The highest BCUT2D eigenvalue weighted by Gasteiger charge is 2.22. The molecule has 0 unspecified atom stereocenters. The Kier molecular flexibility index (Phi) is 6.12. The van der Waals surface area contributed by atoms with Gasteiger partial charge in [-0.25, -0.2) is 18.7 Å². The zero-order valence-corrected chi connectivity index (χ0v) is 18.5. The molecule has 5 rings (SSSR count). The van der Waals surface area contributed by atoms with Crippen molar-refractivity contribution in [3.8, 4) is 11.3 Å². The summed E-state index contributed by atoms with van der Waals surface area (Å²) in [4.78, 5) is 22.6. The SMILES string of the molecule is O=C(Cc1ccc(F)c(F)c1)Nc1nc2c(nc1CCc1ccccc1)-c1ccccc1CC2. The molecule has 1 heterocycles. The molecule has 0 bridgehead atoms. The lowest BCUT2D eigenvalue weighted by Gasteiger charge is -2.21. The van der Waals surface area contributed by atoms with E-state index in [1.165, 1.54) is 17.2 Å². The normalized spacial score (nSPS) is 12.1. The third-order valence-corrected chi connectivity index (χ3v) is 6.04. The quantitative estimate of drug-likeness (QED) is 0.419. The molecule has 34 heavy (non-hydrogen) atoms. The number of anilines is 1. The van der Waals surface area contributed by atoms with Gasteiger partial charge in [0.05, 0.1) is 23.5 Å². The van der Waals surface area contributed by atoms with Gasteiger partial charge in [0.25, 0.3) is 0 Å². The predicted octanol–water partition coefficient (Wildman–Crippen LogP) is 5.49. The number of nitrogens with zero attached hydrogens (tertiary/aromatic N) is 2. The summed E-state index contributed by atoms with van der Waals surface area (Å²) in [7, 11) is 0. The maximum absolute atomic E-state index is 13.6. The van der Waals surface area contributed by atoms with Crippen molar-refractivity contribution in [3.63, 3.8) is 0 Å². The van der Waals surface area contributed by atoms with Gasteiger partial charge in [-0.05, 0) is 54.5 Å². The van der Waals surface area contributed by atoms with E-state index >= 15 is 0 Å². The van der Waals surface area contributed by atoms with Crippen molar-refractivity contribution in [1.29, 1.82) is 0 Å². The summed E-state index contributed by atoms with van der Waals surface area (Å²) >= 11 is 0. The van der Waals surface area contributed by atoms with E-state index in [0.29, 0.717) is 23.5 Å². The average Bonchev–Trinajstić information content (AvgIpc) is 2.85. The Morgan fingerprint density at radius 2 is 1.62 bits per heavy atom. The van der Waals surface area contributed by atoms with E-state index in [4.69, 9.17) is 9.97 Å². The highest BCUT2D eigenvalue weighted by atomic mass is 19.2. The highest BCUT2D eigenvalue weighted by Crippen LogP contribution is 2.33. The molecule has 3 aromatic carbocycles.